The van der Waals surface area contributed by atoms with E-state index in [0.717, 1.165) is 31.5 Å². The minimum Gasteiger partial charge on any atom is -0.317 e. The van der Waals surface area contributed by atoms with E-state index in [1.54, 1.807) is 0 Å². The standard InChI is InChI=1S/C13H17Cl2N/c1-2-16-10-5-3-4-7-11-8-6-9-12(14)13(11)15/h3-4,6,8-9,16H,2,5,7,10H2,1H3/b4-3+. The molecule has 0 atom stereocenters. The molecule has 1 aromatic carbocycles. The van der Waals surface area contributed by atoms with E-state index >= 15 is 0 Å². The fourth-order valence-electron chi connectivity index (χ4n) is 1.40. The minimum atomic E-state index is 0.625. The van der Waals surface area contributed by atoms with Crippen LogP contribution in [0.25, 0.3) is 0 Å². The molecule has 1 aromatic rings. The van der Waals surface area contributed by atoms with Crippen molar-refractivity contribution in [3.05, 3.63) is 46.0 Å². The Bertz CT molecular complexity index is 348. The number of hydrogen-bond acceptors (Lipinski definition) is 1. The van der Waals surface area contributed by atoms with Crippen LogP contribution >= 0.6 is 23.2 Å². The molecule has 1 nitrogen and oxygen atoms in total. The first-order valence-corrected chi connectivity index (χ1v) is 6.30. The number of halogens is 2. The third-order valence-electron chi connectivity index (χ3n) is 2.27. The van der Waals surface area contributed by atoms with E-state index in [1.807, 2.05) is 18.2 Å². The van der Waals surface area contributed by atoms with Gasteiger partial charge in [0.2, 0.25) is 0 Å². The molecule has 0 unspecified atom stereocenters. The van der Waals surface area contributed by atoms with Crippen LogP contribution in [0.3, 0.4) is 0 Å². The van der Waals surface area contributed by atoms with Gasteiger partial charge in [-0.15, -0.1) is 0 Å². The molecule has 1 N–H and O–H groups in total. The molecule has 0 heterocycles. The maximum Gasteiger partial charge on any atom is 0.0627 e. The molecule has 16 heavy (non-hydrogen) atoms. The zero-order chi connectivity index (χ0) is 11.8. The van der Waals surface area contributed by atoms with Gasteiger partial charge < -0.3 is 5.32 Å². The van der Waals surface area contributed by atoms with Crippen LogP contribution in [0.5, 0.6) is 0 Å². The zero-order valence-corrected chi connectivity index (χ0v) is 11.0. The van der Waals surface area contributed by atoms with E-state index in [-0.39, 0.29) is 0 Å². The van der Waals surface area contributed by atoms with Crippen molar-refractivity contribution in [2.24, 2.45) is 0 Å². The number of hydrogen-bond donors (Lipinski definition) is 1. The van der Waals surface area contributed by atoms with E-state index in [2.05, 4.69) is 24.4 Å². The van der Waals surface area contributed by atoms with Gasteiger partial charge in [-0.05, 0) is 37.6 Å². The second-order valence-electron chi connectivity index (χ2n) is 3.53. The minimum absolute atomic E-state index is 0.625. The van der Waals surface area contributed by atoms with Gasteiger partial charge in [-0.25, -0.2) is 0 Å². The summed E-state index contributed by atoms with van der Waals surface area (Å²) in [5.74, 6) is 0. The highest BCUT2D eigenvalue weighted by Gasteiger charge is 2.01. The normalized spacial score (nSPS) is 11.2. The zero-order valence-electron chi connectivity index (χ0n) is 9.47. The number of benzene rings is 1. The molecule has 0 aromatic heterocycles. The van der Waals surface area contributed by atoms with Crippen molar-refractivity contribution in [1.29, 1.82) is 0 Å². The van der Waals surface area contributed by atoms with Crippen LogP contribution in [-0.4, -0.2) is 13.1 Å². The lowest BCUT2D eigenvalue weighted by Gasteiger charge is -2.02. The van der Waals surface area contributed by atoms with Crippen LogP contribution in [0.4, 0.5) is 0 Å². The van der Waals surface area contributed by atoms with Gasteiger partial charge in [-0.1, -0.05) is 54.4 Å². The molecule has 0 aliphatic rings. The van der Waals surface area contributed by atoms with Crippen LogP contribution in [0.1, 0.15) is 18.9 Å². The molecule has 0 radical (unpaired) electrons. The van der Waals surface area contributed by atoms with Crippen molar-refractivity contribution in [2.75, 3.05) is 13.1 Å². The molecule has 0 saturated heterocycles. The Kier molecular flexibility index (Phi) is 6.55. The summed E-state index contributed by atoms with van der Waals surface area (Å²) in [5.41, 5.74) is 1.08. The van der Waals surface area contributed by atoms with Gasteiger partial charge in [-0.2, -0.15) is 0 Å². The van der Waals surface area contributed by atoms with Crippen molar-refractivity contribution in [3.8, 4) is 0 Å². The van der Waals surface area contributed by atoms with Crippen LogP contribution in [0.15, 0.2) is 30.4 Å². The van der Waals surface area contributed by atoms with Gasteiger partial charge >= 0.3 is 0 Å². The Morgan fingerprint density at radius 2 is 2.06 bits per heavy atom. The molecule has 3 heteroatoms. The van der Waals surface area contributed by atoms with Crippen molar-refractivity contribution in [2.45, 2.75) is 19.8 Å². The molecular weight excluding hydrogens is 241 g/mol. The Morgan fingerprint density at radius 1 is 1.25 bits per heavy atom. The molecule has 0 spiro atoms. The van der Waals surface area contributed by atoms with Crippen LogP contribution < -0.4 is 5.32 Å². The topological polar surface area (TPSA) is 12.0 Å². The smallest absolute Gasteiger partial charge is 0.0627 e. The average Bonchev–Trinajstić information content (AvgIpc) is 2.29. The van der Waals surface area contributed by atoms with Gasteiger partial charge in [0.25, 0.3) is 0 Å². The lowest BCUT2D eigenvalue weighted by molar-refractivity contribution is 0.726. The Balaban J connectivity index is 2.39. The summed E-state index contributed by atoms with van der Waals surface area (Å²) in [6.45, 7) is 4.15. The van der Waals surface area contributed by atoms with Crippen molar-refractivity contribution in [1.82, 2.24) is 5.32 Å². The van der Waals surface area contributed by atoms with E-state index in [4.69, 9.17) is 23.2 Å². The highest BCUT2D eigenvalue weighted by Crippen LogP contribution is 2.25. The summed E-state index contributed by atoms with van der Waals surface area (Å²) in [6, 6.07) is 5.74. The molecule has 88 valence electrons. The summed E-state index contributed by atoms with van der Waals surface area (Å²) in [4.78, 5) is 0. The monoisotopic (exact) mass is 257 g/mol. The first kappa shape index (κ1) is 13.6. The van der Waals surface area contributed by atoms with Gasteiger partial charge in [0.15, 0.2) is 0 Å². The largest absolute Gasteiger partial charge is 0.317 e. The SMILES string of the molecule is CCNCC/C=C/Cc1cccc(Cl)c1Cl. The first-order valence-electron chi connectivity index (χ1n) is 5.54. The molecule has 0 amide bonds. The number of allylic oxidation sites excluding steroid dienone is 1. The summed E-state index contributed by atoms with van der Waals surface area (Å²) in [5, 5.41) is 4.56. The maximum atomic E-state index is 6.08. The number of nitrogens with one attached hydrogen (secondary N) is 1. The summed E-state index contributed by atoms with van der Waals surface area (Å²) in [6.07, 6.45) is 6.19. The number of rotatable bonds is 6. The molecular formula is C13H17Cl2N. The fourth-order valence-corrected chi connectivity index (χ4v) is 1.79. The fraction of sp³-hybridized carbons (Fsp3) is 0.385. The first-order chi connectivity index (χ1) is 7.75. The Labute approximate surface area is 107 Å². The lowest BCUT2D eigenvalue weighted by Crippen LogP contribution is -2.12. The van der Waals surface area contributed by atoms with Crippen LogP contribution in [0, 0.1) is 0 Å². The van der Waals surface area contributed by atoms with Crippen LogP contribution in [-0.2, 0) is 6.42 Å². The summed E-state index contributed by atoms with van der Waals surface area (Å²) < 4.78 is 0. The van der Waals surface area contributed by atoms with Crippen LogP contribution in [0.2, 0.25) is 10.0 Å². The Hall–Kier alpha value is -0.500. The summed E-state index contributed by atoms with van der Waals surface area (Å²) in [7, 11) is 0. The highest BCUT2D eigenvalue weighted by molar-refractivity contribution is 6.42. The van der Waals surface area contributed by atoms with E-state index in [9.17, 15) is 0 Å². The molecule has 0 bridgehead atoms. The highest BCUT2D eigenvalue weighted by atomic mass is 35.5. The lowest BCUT2D eigenvalue weighted by atomic mass is 10.1. The van der Waals surface area contributed by atoms with E-state index in [0.29, 0.717) is 10.0 Å². The third-order valence-corrected chi connectivity index (χ3v) is 3.13. The Morgan fingerprint density at radius 3 is 2.81 bits per heavy atom. The van der Waals surface area contributed by atoms with Crippen molar-refractivity contribution >= 4 is 23.2 Å². The van der Waals surface area contributed by atoms with E-state index in [1.165, 1.54) is 0 Å². The van der Waals surface area contributed by atoms with Gasteiger partial charge in [0, 0.05) is 0 Å². The predicted molar refractivity (Wildman–Crippen MR) is 72.5 cm³/mol. The van der Waals surface area contributed by atoms with Gasteiger partial charge in [0.05, 0.1) is 10.0 Å². The summed E-state index contributed by atoms with van der Waals surface area (Å²) >= 11 is 12.0. The molecule has 0 saturated carbocycles. The molecule has 1 rings (SSSR count). The maximum absolute atomic E-state index is 6.08. The van der Waals surface area contributed by atoms with E-state index < -0.39 is 0 Å². The van der Waals surface area contributed by atoms with Gasteiger partial charge in [0.1, 0.15) is 0 Å². The average molecular weight is 258 g/mol. The molecule has 0 fully saturated rings. The molecule has 0 aliphatic heterocycles. The second-order valence-corrected chi connectivity index (χ2v) is 4.32. The predicted octanol–water partition coefficient (Wildman–Crippen LogP) is 4.09. The van der Waals surface area contributed by atoms with Crippen molar-refractivity contribution in [3.63, 3.8) is 0 Å². The second kappa shape index (κ2) is 7.72. The third kappa shape index (κ3) is 4.56. The van der Waals surface area contributed by atoms with Gasteiger partial charge in [-0.3, -0.25) is 0 Å². The van der Waals surface area contributed by atoms with Crippen molar-refractivity contribution < 1.29 is 0 Å². The quantitative estimate of drug-likeness (QED) is 0.598. The molecule has 0 aliphatic carbocycles.